The molecular weight excluding hydrogens is 264 g/mol. The average molecular weight is 286 g/mol. The molecule has 1 atom stereocenters. The summed E-state index contributed by atoms with van der Waals surface area (Å²) < 4.78 is 11.0. The molecule has 1 unspecified atom stereocenters. The van der Waals surface area contributed by atoms with E-state index in [-0.39, 0.29) is 6.04 Å². The van der Waals surface area contributed by atoms with E-state index in [1.165, 1.54) is 11.1 Å². The molecule has 0 spiro atoms. The normalized spacial score (nSPS) is 12.0. The second kappa shape index (κ2) is 6.59. The predicted octanol–water partition coefficient (Wildman–Crippen LogP) is 3.02. The third kappa shape index (κ3) is 3.00. The summed E-state index contributed by atoms with van der Waals surface area (Å²) in [5, 5.41) is 3.36. The summed E-state index contributed by atoms with van der Waals surface area (Å²) in [6, 6.07) is 6.17. The molecule has 1 N–H and O–H groups in total. The Bertz CT molecular complexity index is 626. The molecule has 0 aliphatic carbocycles. The molecule has 21 heavy (non-hydrogen) atoms. The zero-order valence-corrected chi connectivity index (χ0v) is 13.2. The van der Waals surface area contributed by atoms with Gasteiger partial charge in [0.1, 0.15) is 11.5 Å². The van der Waals surface area contributed by atoms with Crippen LogP contribution in [0.3, 0.4) is 0 Å². The van der Waals surface area contributed by atoms with Gasteiger partial charge < -0.3 is 14.8 Å². The summed E-state index contributed by atoms with van der Waals surface area (Å²) in [7, 11) is 5.30. The molecule has 0 bridgehead atoms. The number of methoxy groups -OCH3 is 2. The van der Waals surface area contributed by atoms with E-state index in [0.717, 1.165) is 22.6 Å². The highest BCUT2D eigenvalue weighted by Gasteiger charge is 2.22. The van der Waals surface area contributed by atoms with Gasteiger partial charge in [-0.25, -0.2) is 0 Å². The van der Waals surface area contributed by atoms with E-state index in [4.69, 9.17) is 9.47 Å². The van der Waals surface area contributed by atoms with Crippen molar-refractivity contribution in [2.45, 2.75) is 19.9 Å². The number of benzene rings is 1. The lowest BCUT2D eigenvalue weighted by Gasteiger charge is -2.24. The Labute approximate surface area is 126 Å². The standard InChI is InChI=1S/C17H22N2O2/c1-11-8-12(2)16(14(9-11)20-4)17(18-3)13-6-7-19-10-15(13)21-5/h6-10,17-18H,1-5H3. The molecule has 4 heteroatoms. The van der Waals surface area contributed by atoms with Crippen LogP contribution in [0.4, 0.5) is 0 Å². The average Bonchev–Trinajstić information content (AvgIpc) is 2.49. The first-order chi connectivity index (χ1) is 10.1. The monoisotopic (exact) mass is 286 g/mol. The predicted molar refractivity (Wildman–Crippen MR) is 84.2 cm³/mol. The van der Waals surface area contributed by atoms with Crippen molar-refractivity contribution in [3.05, 3.63) is 52.8 Å². The van der Waals surface area contributed by atoms with E-state index < -0.39 is 0 Å². The molecule has 1 aromatic heterocycles. The summed E-state index contributed by atoms with van der Waals surface area (Å²) in [5.74, 6) is 1.64. The van der Waals surface area contributed by atoms with Crippen molar-refractivity contribution in [1.82, 2.24) is 10.3 Å². The van der Waals surface area contributed by atoms with Crippen LogP contribution >= 0.6 is 0 Å². The van der Waals surface area contributed by atoms with Gasteiger partial charge in [-0.2, -0.15) is 0 Å². The number of pyridine rings is 1. The maximum absolute atomic E-state index is 5.59. The first kappa shape index (κ1) is 15.3. The van der Waals surface area contributed by atoms with Gasteiger partial charge in [-0.15, -0.1) is 0 Å². The summed E-state index contributed by atoms with van der Waals surface area (Å²) in [5.41, 5.74) is 4.53. The molecule has 4 nitrogen and oxygen atoms in total. The Balaban J connectivity index is 2.62. The van der Waals surface area contributed by atoms with Crippen molar-refractivity contribution in [1.29, 1.82) is 0 Å². The summed E-state index contributed by atoms with van der Waals surface area (Å²) in [6.45, 7) is 4.17. The fourth-order valence-electron chi connectivity index (χ4n) is 2.73. The molecule has 2 aromatic rings. The fourth-order valence-corrected chi connectivity index (χ4v) is 2.73. The maximum Gasteiger partial charge on any atom is 0.142 e. The number of nitrogens with zero attached hydrogens (tertiary/aromatic N) is 1. The van der Waals surface area contributed by atoms with E-state index in [9.17, 15) is 0 Å². The van der Waals surface area contributed by atoms with E-state index in [1.807, 2.05) is 13.1 Å². The van der Waals surface area contributed by atoms with Crippen LogP contribution in [0.5, 0.6) is 11.5 Å². The van der Waals surface area contributed by atoms with E-state index in [2.05, 4.69) is 36.3 Å². The third-order valence-corrected chi connectivity index (χ3v) is 3.64. The summed E-state index contributed by atoms with van der Waals surface area (Å²) in [4.78, 5) is 4.12. The second-order valence-electron chi connectivity index (χ2n) is 5.04. The van der Waals surface area contributed by atoms with Gasteiger partial charge in [0.15, 0.2) is 0 Å². The smallest absolute Gasteiger partial charge is 0.142 e. The highest BCUT2D eigenvalue weighted by Crippen LogP contribution is 2.36. The molecule has 0 saturated carbocycles. The number of aromatic nitrogens is 1. The molecule has 0 radical (unpaired) electrons. The number of ether oxygens (including phenoxy) is 2. The van der Waals surface area contributed by atoms with Crippen LogP contribution < -0.4 is 14.8 Å². The number of rotatable bonds is 5. The summed E-state index contributed by atoms with van der Waals surface area (Å²) in [6.07, 6.45) is 3.51. The van der Waals surface area contributed by atoms with Crippen molar-refractivity contribution in [3.8, 4) is 11.5 Å². The zero-order valence-electron chi connectivity index (χ0n) is 13.2. The largest absolute Gasteiger partial charge is 0.496 e. The van der Waals surface area contributed by atoms with Gasteiger partial charge in [0.25, 0.3) is 0 Å². The highest BCUT2D eigenvalue weighted by atomic mass is 16.5. The topological polar surface area (TPSA) is 43.4 Å². The third-order valence-electron chi connectivity index (χ3n) is 3.64. The van der Waals surface area contributed by atoms with Crippen LogP contribution in [0, 0.1) is 13.8 Å². The van der Waals surface area contributed by atoms with Crippen molar-refractivity contribution < 1.29 is 9.47 Å². The minimum atomic E-state index is -0.0153. The second-order valence-corrected chi connectivity index (χ2v) is 5.04. The lowest BCUT2D eigenvalue weighted by molar-refractivity contribution is 0.394. The van der Waals surface area contributed by atoms with Crippen molar-refractivity contribution in [3.63, 3.8) is 0 Å². The van der Waals surface area contributed by atoms with Gasteiger partial charge >= 0.3 is 0 Å². The number of hydrogen-bond donors (Lipinski definition) is 1. The van der Waals surface area contributed by atoms with Gasteiger partial charge in [-0.05, 0) is 44.2 Å². The van der Waals surface area contributed by atoms with E-state index >= 15 is 0 Å². The van der Waals surface area contributed by atoms with Gasteiger partial charge in [0.2, 0.25) is 0 Å². The van der Waals surface area contributed by atoms with E-state index in [1.54, 1.807) is 26.6 Å². The molecule has 0 amide bonds. The van der Waals surface area contributed by atoms with Crippen molar-refractivity contribution in [2.75, 3.05) is 21.3 Å². The minimum absolute atomic E-state index is 0.0153. The molecule has 0 aliphatic rings. The Morgan fingerprint density at radius 3 is 2.43 bits per heavy atom. The number of nitrogens with one attached hydrogen (secondary N) is 1. The molecular formula is C17H22N2O2. The van der Waals surface area contributed by atoms with Crippen LogP contribution in [0.1, 0.15) is 28.3 Å². The van der Waals surface area contributed by atoms with Crippen molar-refractivity contribution >= 4 is 0 Å². The number of aryl methyl sites for hydroxylation is 2. The van der Waals surface area contributed by atoms with Gasteiger partial charge in [-0.3, -0.25) is 4.98 Å². The quantitative estimate of drug-likeness (QED) is 0.917. The first-order valence-corrected chi connectivity index (χ1v) is 6.92. The lowest BCUT2D eigenvalue weighted by atomic mass is 9.93. The van der Waals surface area contributed by atoms with Gasteiger partial charge in [0.05, 0.1) is 26.5 Å². The Morgan fingerprint density at radius 2 is 1.81 bits per heavy atom. The Hall–Kier alpha value is -2.07. The van der Waals surface area contributed by atoms with Gasteiger partial charge in [-0.1, -0.05) is 6.07 Å². The molecule has 112 valence electrons. The maximum atomic E-state index is 5.59. The highest BCUT2D eigenvalue weighted by molar-refractivity contribution is 5.50. The Morgan fingerprint density at radius 1 is 1.10 bits per heavy atom. The zero-order chi connectivity index (χ0) is 15.4. The van der Waals surface area contributed by atoms with Crippen LogP contribution in [-0.4, -0.2) is 26.3 Å². The minimum Gasteiger partial charge on any atom is -0.496 e. The Kier molecular flexibility index (Phi) is 4.81. The van der Waals surface area contributed by atoms with Crippen molar-refractivity contribution in [2.24, 2.45) is 0 Å². The van der Waals surface area contributed by atoms with Crippen LogP contribution in [0.15, 0.2) is 30.6 Å². The summed E-state index contributed by atoms with van der Waals surface area (Å²) >= 11 is 0. The van der Waals surface area contributed by atoms with Crippen LogP contribution in [0.25, 0.3) is 0 Å². The lowest BCUT2D eigenvalue weighted by Crippen LogP contribution is -2.20. The molecule has 0 fully saturated rings. The van der Waals surface area contributed by atoms with Crippen LogP contribution in [0.2, 0.25) is 0 Å². The van der Waals surface area contributed by atoms with Gasteiger partial charge in [0, 0.05) is 17.3 Å². The first-order valence-electron chi connectivity index (χ1n) is 6.92. The molecule has 0 aliphatic heterocycles. The SMILES string of the molecule is CNC(c1ccncc1OC)c1c(C)cc(C)cc1OC. The van der Waals surface area contributed by atoms with Crippen LogP contribution in [-0.2, 0) is 0 Å². The molecule has 2 rings (SSSR count). The fraction of sp³-hybridized carbons (Fsp3) is 0.353. The number of hydrogen-bond acceptors (Lipinski definition) is 4. The molecule has 0 saturated heterocycles. The molecule has 1 heterocycles. The van der Waals surface area contributed by atoms with E-state index in [0.29, 0.717) is 0 Å². The molecule has 1 aromatic carbocycles.